The molecule has 0 saturated carbocycles. The van der Waals surface area contributed by atoms with Crippen molar-refractivity contribution in [1.82, 2.24) is 15.1 Å². The minimum absolute atomic E-state index is 0.236. The molecular weight excluding hydrogens is 214 g/mol. The predicted molar refractivity (Wildman–Crippen MR) is 68.9 cm³/mol. The molecule has 4 nitrogen and oxygen atoms in total. The van der Waals surface area contributed by atoms with E-state index in [-0.39, 0.29) is 5.92 Å². The van der Waals surface area contributed by atoms with E-state index >= 15 is 0 Å². The van der Waals surface area contributed by atoms with Gasteiger partial charge in [0.05, 0.1) is 5.92 Å². The number of carbonyl (C=O) groups is 1. The van der Waals surface area contributed by atoms with Crippen LogP contribution in [0.2, 0.25) is 0 Å². The number of nitrogens with zero attached hydrogens (tertiary/aromatic N) is 2. The summed E-state index contributed by atoms with van der Waals surface area (Å²) < 4.78 is 0. The van der Waals surface area contributed by atoms with Gasteiger partial charge in [-0.05, 0) is 46.3 Å². The molecule has 0 aromatic heterocycles. The lowest BCUT2D eigenvalue weighted by molar-refractivity contribution is -0.137. The van der Waals surface area contributed by atoms with Crippen molar-refractivity contribution < 1.29 is 4.79 Å². The number of rotatable bonds is 2. The fourth-order valence-corrected chi connectivity index (χ4v) is 2.92. The van der Waals surface area contributed by atoms with Crippen LogP contribution >= 0.6 is 0 Å². The van der Waals surface area contributed by atoms with Gasteiger partial charge in [0.2, 0.25) is 5.91 Å². The zero-order valence-corrected chi connectivity index (χ0v) is 11.1. The predicted octanol–water partition coefficient (Wildman–Crippen LogP) is 0.539. The molecule has 0 aromatic carbocycles. The monoisotopic (exact) mass is 239 g/mol. The first-order valence-corrected chi connectivity index (χ1v) is 6.84. The SMILES string of the molecule is CN(C)C1CCN(C(=O)[C@H]2CCCNC2)CC1. The Morgan fingerprint density at radius 1 is 1.24 bits per heavy atom. The molecule has 2 heterocycles. The summed E-state index contributed by atoms with van der Waals surface area (Å²) in [5.74, 6) is 0.620. The van der Waals surface area contributed by atoms with E-state index in [9.17, 15) is 4.79 Å². The lowest BCUT2D eigenvalue weighted by atomic mass is 9.96. The van der Waals surface area contributed by atoms with Gasteiger partial charge in [-0.15, -0.1) is 0 Å². The molecule has 2 saturated heterocycles. The number of amides is 1. The van der Waals surface area contributed by atoms with Crippen molar-refractivity contribution in [2.75, 3.05) is 40.3 Å². The second-order valence-electron chi connectivity index (χ2n) is 5.56. The molecule has 2 aliphatic rings. The molecule has 98 valence electrons. The second kappa shape index (κ2) is 5.83. The summed E-state index contributed by atoms with van der Waals surface area (Å²) in [6.07, 6.45) is 4.46. The average Bonchev–Trinajstić information content (AvgIpc) is 2.39. The Kier molecular flexibility index (Phi) is 4.40. The van der Waals surface area contributed by atoms with Crippen molar-refractivity contribution in [2.45, 2.75) is 31.7 Å². The van der Waals surface area contributed by atoms with Crippen LogP contribution in [0.4, 0.5) is 0 Å². The molecule has 0 radical (unpaired) electrons. The zero-order valence-electron chi connectivity index (χ0n) is 11.1. The number of piperidine rings is 2. The third-order valence-electron chi connectivity index (χ3n) is 4.15. The van der Waals surface area contributed by atoms with Gasteiger partial charge in [0.1, 0.15) is 0 Å². The van der Waals surface area contributed by atoms with E-state index in [1.54, 1.807) is 0 Å². The highest BCUT2D eigenvalue weighted by Crippen LogP contribution is 2.19. The van der Waals surface area contributed by atoms with Gasteiger partial charge in [0.25, 0.3) is 0 Å². The second-order valence-corrected chi connectivity index (χ2v) is 5.56. The van der Waals surface area contributed by atoms with E-state index in [1.807, 2.05) is 0 Å². The number of hydrogen-bond acceptors (Lipinski definition) is 3. The van der Waals surface area contributed by atoms with E-state index < -0.39 is 0 Å². The lowest BCUT2D eigenvalue weighted by Gasteiger charge is -2.37. The molecule has 1 amide bonds. The van der Waals surface area contributed by atoms with Gasteiger partial charge in [-0.1, -0.05) is 0 Å². The first kappa shape index (κ1) is 12.8. The smallest absolute Gasteiger partial charge is 0.226 e. The molecule has 0 bridgehead atoms. The van der Waals surface area contributed by atoms with Gasteiger partial charge in [-0.25, -0.2) is 0 Å². The Hall–Kier alpha value is -0.610. The van der Waals surface area contributed by atoms with Crippen LogP contribution in [0.25, 0.3) is 0 Å². The van der Waals surface area contributed by atoms with Crippen molar-refractivity contribution in [3.8, 4) is 0 Å². The van der Waals surface area contributed by atoms with Crippen molar-refractivity contribution >= 4 is 5.91 Å². The summed E-state index contributed by atoms with van der Waals surface area (Å²) in [5.41, 5.74) is 0. The van der Waals surface area contributed by atoms with Crippen LogP contribution in [-0.2, 0) is 4.79 Å². The first-order valence-electron chi connectivity index (χ1n) is 6.84. The summed E-state index contributed by atoms with van der Waals surface area (Å²) >= 11 is 0. The van der Waals surface area contributed by atoms with Crippen LogP contribution in [0.3, 0.4) is 0 Å². The molecule has 17 heavy (non-hydrogen) atoms. The van der Waals surface area contributed by atoms with Gasteiger partial charge in [-0.2, -0.15) is 0 Å². The Labute approximate surface area is 104 Å². The van der Waals surface area contributed by atoms with Gasteiger partial charge in [-0.3, -0.25) is 4.79 Å². The van der Waals surface area contributed by atoms with E-state index in [0.717, 1.165) is 51.9 Å². The Bertz CT molecular complexity index is 253. The highest BCUT2D eigenvalue weighted by atomic mass is 16.2. The molecule has 0 unspecified atom stereocenters. The van der Waals surface area contributed by atoms with Crippen LogP contribution in [-0.4, -0.2) is 62.0 Å². The van der Waals surface area contributed by atoms with Crippen LogP contribution in [0.1, 0.15) is 25.7 Å². The molecule has 0 aliphatic carbocycles. The van der Waals surface area contributed by atoms with Gasteiger partial charge in [0.15, 0.2) is 0 Å². The maximum Gasteiger partial charge on any atom is 0.226 e. The van der Waals surface area contributed by atoms with Crippen molar-refractivity contribution in [1.29, 1.82) is 0 Å². The maximum absolute atomic E-state index is 12.3. The topological polar surface area (TPSA) is 35.6 Å². The van der Waals surface area contributed by atoms with Crippen molar-refractivity contribution in [3.05, 3.63) is 0 Å². The van der Waals surface area contributed by atoms with Gasteiger partial charge < -0.3 is 15.1 Å². The number of likely N-dealkylation sites (tertiary alicyclic amines) is 1. The van der Waals surface area contributed by atoms with Crippen LogP contribution < -0.4 is 5.32 Å². The summed E-state index contributed by atoms with van der Waals surface area (Å²) in [7, 11) is 4.26. The maximum atomic E-state index is 12.3. The van der Waals surface area contributed by atoms with Gasteiger partial charge in [0, 0.05) is 25.7 Å². The molecule has 0 aromatic rings. The fraction of sp³-hybridized carbons (Fsp3) is 0.923. The molecule has 1 atom stereocenters. The molecule has 4 heteroatoms. The molecule has 2 fully saturated rings. The highest BCUT2D eigenvalue weighted by Gasteiger charge is 2.29. The van der Waals surface area contributed by atoms with Crippen molar-refractivity contribution in [2.24, 2.45) is 5.92 Å². The number of nitrogens with one attached hydrogen (secondary N) is 1. The highest BCUT2D eigenvalue weighted by molar-refractivity contribution is 5.79. The Morgan fingerprint density at radius 2 is 1.94 bits per heavy atom. The summed E-state index contributed by atoms with van der Waals surface area (Å²) in [6, 6.07) is 0.656. The average molecular weight is 239 g/mol. The standard InChI is InChI=1S/C13H25N3O/c1-15(2)12-5-8-16(9-6-12)13(17)11-4-3-7-14-10-11/h11-12,14H,3-10H2,1-2H3/t11-/m0/s1. The van der Waals surface area contributed by atoms with Crippen molar-refractivity contribution in [3.63, 3.8) is 0 Å². The Balaban J connectivity index is 1.81. The molecule has 2 rings (SSSR count). The van der Waals surface area contributed by atoms with E-state index in [0.29, 0.717) is 11.9 Å². The number of carbonyl (C=O) groups excluding carboxylic acids is 1. The van der Waals surface area contributed by atoms with E-state index in [2.05, 4.69) is 29.2 Å². The number of hydrogen-bond donors (Lipinski definition) is 1. The molecule has 0 spiro atoms. The normalized spacial score (nSPS) is 27.5. The third-order valence-corrected chi connectivity index (χ3v) is 4.15. The van der Waals surface area contributed by atoms with E-state index in [1.165, 1.54) is 0 Å². The summed E-state index contributed by atoms with van der Waals surface area (Å²) in [6.45, 7) is 3.84. The molecule has 1 N–H and O–H groups in total. The third kappa shape index (κ3) is 3.19. The van der Waals surface area contributed by atoms with Gasteiger partial charge >= 0.3 is 0 Å². The van der Waals surface area contributed by atoms with E-state index in [4.69, 9.17) is 0 Å². The van der Waals surface area contributed by atoms with Crippen LogP contribution in [0.15, 0.2) is 0 Å². The molecular formula is C13H25N3O. The summed E-state index contributed by atoms with van der Waals surface area (Å²) in [4.78, 5) is 16.7. The fourth-order valence-electron chi connectivity index (χ4n) is 2.92. The van der Waals surface area contributed by atoms with Crippen LogP contribution in [0.5, 0.6) is 0 Å². The zero-order chi connectivity index (χ0) is 12.3. The lowest BCUT2D eigenvalue weighted by Crippen LogP contribution is -2.48. The minimum atomic E-state index is 0.236. The molecule has 2 aliphatic heterocycles. The largest absolute Gasteiger partial charge is 0.342 e. The minimum Gasteiger partial charge on any atom is -0.342 e. The Morgan fingerprint density at radius 3 is 2.47 bits per heavy atom. The summed E-state index contributed by atoms with van der Waals surface area (Å²) in [5, 5.41) is 3.33. The van der Waals surface area contributed by atoms with Crippen LogP contribution in [0, 0.1) is 5.92 Å². The quantitative estimate of drug-likeness (QED) is 0.764. The first-order chi connectivity index (χ1) is 8.18.